The molecule has 4 nitrogen and oxygen atoms in total. The first-order chi connectivity index (χ1) is 12.2. The van der Waals surface area contributed by atoms with Gasteiger partial charge in [-0.15, -0.1) is 0 Å². The molecule has 1 aliphatic rings. The predicted octanol–water partition coefficient (Wildman–Crippen LogP) is 4.62. The van der Waals surface area contributed by atoms with Gasteiger partial charge in [0.15, 0.2) is 0 Å². The van der Waals surface area contributed by atoms with Crippen molar-refractivity contribution in [1.29, 1.82) is 0 Å². The summed E-state index contributed by atoms with van der Waals surface area (Å²) in [5.41, 5.74) is 2.75. The summed E-state index contributed by atoms with van der Waals surface area (Å²) in [7, 11) is 1.96. The maximum absolute atomic E-state index is 5.48. The van der Waals surface area contributed by atoms with Crippen LogP contribution in [0.5, 0.6) is 0 Å². The monoisotopic (exact) mass is 365 g/mol. The van der Waals surface area contributed by atoms with Gasteiger partial charge < -0.3 is 4.74 Å². The third-order valence-corrected chi connectivity index (χ3v) is 4.81. The Labute approximate surface area is 157 Å². The summed E-state index contributed by atoms with van der Waals surface area (Å²) in [5, 5.41) is 8.48. The highest BCUT2D eigenvalue weighted by atomic mass is 32.1. The van der Waals surface area contributed by atoms with Crippen molar-refractivity contribution in [3.8, 4) is 0 Å². The zero-order valence-electron chi connectivity index (χ0n) is 16.6. The number of hydrogen-bond acceptors (Lipinski definition) is 4. The number of ether oxygens (including phenoxy) is 1. The number of rotatable bonds is 6. The van der Waals surface area contributed by atoms with E-state index < -0.39 is 0 Å². The summed E-state index contributed by atoms with van der Waals surface area (Å²) in [6.07, 6.45) is 6.48. The number of aryl methyl sites for hydroxylation is 2. The quantitative estimate of drug-likeness (QED) is 0.748. The molecule has 0 bridgehead atoms. The highest BCUT2D eigenvalue weighted by Gasteiger charge is 2.22. The molecule has 3 rings (SSSR count). The summed E-state index contributed by atoms with van der Waals surface area (Å²) < 4.78 is 7.34. The zero-order chi connectivity index (χ0) is 18.5. The first-order valence-corrected chi connectivity index (χ1v) is 10.4. The Morgan fingerprint density at radius 1 is 1.28 bits per heavy atom. The Bertz CT molecular complexity index is 539. The van der Waals surface area contributed by atoms with Gasteiger partial charge in [0.05, 0.1) is 12.8 Å². The van der Waals surface area contributed by atoms with E-state index in [0.717, 1.165) is 32.2 Å². The Kier molecular flexibility index (Phi) is 11.5. The van der Waals surface area contributed by atoms with Crippen LogP contribution in [0.4, 0.5) is 0 Å². The molecular formula is C20H35N3OS. The van der Waals surface area contributed by atoms with Crippen LogP contribution in [0.25, 0.3) is 0 Å². The molecule has 25 heavy (non-hydrogen) atoms. The standard InChI is InChI=1S/C12H21N3O.C6H8S.C2H6/c1-3-16-10-11-4-5-15(8-11)9-12-6-13-14(2)7-12;1-2-6-3-4-7-5-6;1-2/h6-7,11H,3-5,8-10H2,1-2H3;3-5H,2H2,1H3;1-2H3. The smallest absolute Gasteiger partial charge is 0.0534 e. The van der Waals surface area contributed by atoms with Crippen LogP contribution in [0, 0.1) is 5.92 Å². The SMILES string of the molecule is CC.CCOCC1CCN(Cc2cnn(C)c2)C1.CCc1ccsc1. The van der Waals surface area contributed by atoms with E-state index in [9.17, 15) is 0 Å². The minimum atomic E-state index is 0.719. The number of hydrogen-bond donors (Lipinski definition) is 0. The number of thiophene rings is 1. The van der Waals surface area contributed by atoms with Gasteiger partial charge in [-0.2, -0.15) is 16.4 Å². The second-order valence-corrected chi connectivity index (χ2v) is 6.84. The van der Waals surface area contributed by atoms with Gasteiger partial charge in [0.2, 0.25) is 0 Å². The molecule has 1 unspecified atom stereocenters. The van der Waals surface area contributed by atoms with E-state index in [1.54, 1.807) is 11.3 Å². The lowest BCUT2D eigenvalue weighted by atomic mass is 10.1. The van der Waals surface area contributed by atoms with Crippen molar-refractivity contribution >= 4 is 11.3 Å². The normalized spacial score (nSPS) is 16.8. The minimum absolute atomic E-state index is 0.719. The second-order valence-electron chi connectivity index (χ2n) is 6.06. The van der Waals surface area contributed by atoms with Gasteiger partial charge >= 0.3 is 0 Å². The number of likely N-dealkylation sites (tertiary alicyclic amines) is 1. The van der Waals surface area contributed by atoms with Crippen molar-refractivity contribution in [2.45, 2.75) is 47.1 Å². The Balaban J connectivity index is 0.000000290. The average Bonchev–Trinajstić information content (AvgIpc) is 3.38. The minimum Gasteiger partial charge on any atom is -0.381 e. The van der Waals surface area contributed by atoms with Crippen molar-refractivity contribution in [1.82, 2.24) is 14.7 Å². The number of aromatic nitrogens is 2. The lowest BCUT2D eigenvalue weighted by Crippen LogP contribution is -2.21. The molecule has 0 aliphatic carbocycles. The molecular weight excluding hydrogens is 330 g/mol. The van der Waals surface area contributed by atoms with Gasteiger partial charge in [-0.3, -0.25) is 9.58 Å². The van der Waals surface area contributed by atoms with Crippen molar-refractivity contribution < 1.29 is 4.74 Å². The van der Waals surface area contributed by atoms with Crippen LogP contribution in [0.15, 0.2) is 29.2 Å². The Morgan fingerprint density at radius 3 is 2.60 bits per heavy atom. The molecule has 0 amide bonds. The highest BCUT2D eigenvalue weighted by Crippen LogP contribution is 2.18. The molecule has 0 radical (unpaired) electrons. The molecule has 0 aromatic carbocycles. The zero-order valence-corrected chi connectivity index (χ0v) is 17.4. The van der Waals surface area contributed by atoms with Gasteiger partial charge in [0.25, 0.3) is 0 Å². The fourth-order valence-electron chi connectivity index (χ4n) is 2.78. The fraction of sp³-hybridized carbons (Fsp3) is 0.650. The molecule has 1 atom stereocenters. The van der Waals surface area contributed by atoms with E-state index in [1.165, 1.54) is 30.5 Å². The molecule has 2 aromatic heterocycles. The van der Waals surface area contributed by atoms with E-state index in [4.69, 9.17) is 4.74 Å². The van der Waals surface area contributed by atoms with E-state index >= 15 is 0 Å². The summed E-state index contributed by atoms with van der Waals surface area (Å²) >= 11 is 1.76. The Morgan fingerprint density at radius 2 is 2.08 bits per heavy atom. The summed E-state index contributed by atoms with van der Waals surface area (Å²) in [6, 6.07) is 2.16. The van der Waals surface area contributed by atoms with Gasteiger partial charge in [0, 0.05) is 38.5 Å². The van der Waals surface area contributed by atoms with Crippen LogP contribution >= 0.6 is 11.3 Å². The first kappa shape index (κ1) is 21.9. The molecule has 0 saturated carbocycles. The molecule has 3 heterocycles. The van der Waals surface area contributed by atoms with Crippen molar-refractivity contribution in [3.63, 3.8) is 0 Å². The van der Waals surface area contributed by atoms with E-state index in [1.807, 2.05) is 31.8 Å². The largest absolute Gasteiger partial charge is 0.381 e. The molecule has 1 aliphatic heterocycles. The van der Waals surface area contributed by atoms with Crippen molar-refractivity contribution in [2.75, 3.05) is 26.3 Å². The van der Waals surface area contributed by atoms with Crippen molar-refractivity contribution in [2.24, 2.45) is 13.0 Å². The Hall–Kier alpha value is -1.17. The van der Waals surface area contributed by atoms with Gasteiger partial charge in [-0.25, -0.2) is 0 Å². The van der Waals surface area contributed by atoms with Crippen LogP contribution in [-0.4, -0.2) is 41.0 Å². The molecule has 0 spiro atoms. The molecule has 2 aromatic rings. The molecule has 1 saturated heterocycles. The van der Waals surface area contributed by atoms with Crippen LogP contribution in [0.1, 0.15) is 45.2 Å². The van der Waals surface area contributed by atoms with E-state index in [2.05, 4.69) is 46.9 Å². The van der Waals surface area contributed by atoms with E-state index in [0.29, 0.717) is 0 Å². The topological polar surface area (TPSA) is 30.3 Å². The first-order valence-electron chi connectivity index (χ1n) is 9.50. The van der Waals surface area contributed by atoms with E-state index in [-0.39, 0.29) is 0 Å². The fourth-order valence-corrected chi connectivity index (χ4v) is 3.53. The molecule has 1 fully saturated rings. The van der Waals surface area contributed by atoms with Gasteiger partial charge in [-0.1, -0.05) is 20.8 Å². The lowest BCUT2D eigenvalue weighted by molar-refractivity contribution is 0.111. The van der Waals surface area contributed by atoms with Crippen molar-refractivity contribution in [3.05, 3.63) is 40.3 Å². The summed E-state index contributed by atoms with van der Waals surface area (Å²) in [6.45, 7) is 13.3. The second kappa shape index (κ2) is 13.1. The number of nitrogens with zero attached hydrogens (tertiary/aromatic N) is 3. The maximum Gasteiger partial charge on any atom is 0.0534 e. The lowest BCUT2D eigenvalue weighted by Gasteiger charge is -2.14. The summed E-state index contributed by atoms with van der Waals surface area (Å²) in [5.74, 6) is 0.719. The molecule has 0 N–H and O–H groups in total. The third kappa shape index (κ3) is 8.66. The molecule has 5 heteroatoms. The van der Waals surface area contributed by atoms with Gasteiger partial charge in [0.1, 0.15) is 0 Å². The average molecular weight is 366 g/mol. The van der Waals surface area contributed by atoms with Gasteiger partial charge in [-0.05, 0) is 54.6 Å². The summed E-state index contributed by atoms with van der Waals surface area (Å²) in [4.78, 5) is 2.49. The highest BCUT2D eigenvalue weighted by molar-refractivity contribution is 7.07. The molecule has 142 valence electrons. The maximum atomic E-state index is 5.48. The van der Waals surface area contributed by atoms with Crippen LogP contribution in [0.2, 0.25) is 0 Å². The van der Waals surface area contributed by atoms with Crippen LogP contribution < -0.4 is 0 Å². The predicted molar refractivity (Wildman–Crippen MR) is 108 cm³/mol. The van der Waals surface area contributed by atoms with Crippen LogP contribution in [0.3, 0.4) is 0 Å². The van der Waals surface area contributed by atoms with Crippen LogP contribution in [-0.2, 0) is 24.8 Å². The third-order valence-electron chi connectivity index (χ3n) is 4.08.